The minimum Gasteiger partial charge on any atom is -0.348 e. The van der Waals surface area contributed by atoms with Gasteiger partial charge in [0.2, 0.25) is 0 Å². The summed E-state index contributed by atoms with van der Waals surface area (Å²) in [6.45, 7) is 5.28. The number of aryl methyl sites for hydroxylation is 1. The zero-order valence-electron chi connectivity index (χ0n) is 14.4. The first-order valence-corrected chi connectivity index (χ1v) is 8.80. The predicted octanol–water partition coefficient (Wildman–Crippen LogP) is 1.10. The van der Waals surface area contributed by atoms with Crippen LogP contribution >= 0.6 is 0 Å². The molecule has 2 aliphatic rings. The fourth-order valence-corrected chi connectivity index (χ4v) is 3.92. The minimum absolute atomic E-state index is 0.0622. The minimum atomic E-state index is -0.0622. The van der Waals surface area contributed by atoms with Crippen molar-refractivity contribution in [2.45, 2.75) is 37.6 Å². The van der Waals surface area contributed by atoms with E-state index in [2.05, 4.69) is 27.1 Å². The summed E-state index contributed by atoms with van der Waals surface area (Å²) in [6.07, 6.45) is 9.65. The van der Waals surface area contributed by atoms with Gasteiger partial charge in [-0.25, -0.2) is 4.98 Å². The third-order valence-electron chi connectivity index (χ3n) is 5.55. The molecule has 0 bridgehead atoms. The molecule has 1 amide bonds. The van der Waals surface area contributed by atoms with Gasteiger partial charge in [0.25, 0.3) is 5.91 Å². The Hall–Kier alpha value is -1.40. The highest BCUT2D eigenvalue weighted by Gasteiger charge is 2.39. The average molecular weight is 319 g/mol. The molecule has 2 fully saturated rings. The Kier molecular flexibility index (Phi) is 5.02. The number of nitrogens with one attached hydrogen (secondary N) is 1. The monoisotopic (exact) mass is 319 g/mol. The van der Waals surface area contributed by atoms with Crippen molar-refractivity contribution in [1.82, 2.24) is 24.7 Å². The highest BCUT2D eigenvalue weighted by molar-refractivity contribution is 5.90. The lowest BCUT2D eigenvalue weighted by Crippen LogP contribution is -2.61. The van der Waals surface area contributed by atoms with Crippen LogP contribution in [0.3, 0.4) is 0 Å². The summed E-state index contributed by atoms with van der Waals surface area (Å²) in [4.78, 5) is 21.6. The molecule has 0 saturated carbocycles. The summed E-state index contributed by atoms with van der Waals surface area (Å²) in [5.41, 5.74) is 0.119. The molecule has 23 heavy (non-hydrogen) atoms. The Bertz CT molecular complexity index is 527. The van der Waals surface area contributed by atoms with E-state index < -0.39 is 0 Å². The van der Waals surface area contributed by atoms with Gasteiger partial charge in [0, 0.05) is 31.5 Å². The standard InChI is InChI=1S/C17H29N5O/c1-20-11-6-17(7-12-20,22-9-4-3-5-10-22)14-19-16(23)15-18-8-13-21(15)2/h8,13H,3-7,9-12,14H2,1-2H3,(H,19,23). The second kappa shape index (κ2) is 7.01. The van der Waals surface area contributed by atoms with Crippen molar-refractivity contribution < 1.29 is 4.79 Å². The molecule has 0 aliphatic carbocycles. The molecule has 0 radical (unpaired) electrons. The third-order valence-corrected chi connectivity index (χ3v) is 5.55. The number of carbonyl (C=O) groups is 1. The van der Waals surface area contributed by atoms with Crippen LogP contribution in [0.2, 0.25) is 0 Å². The van der Waals surface area contributed by atoms with E-state index in [1.165, 1.54) is 32.4 Å². The largest absolute Gasteiger partial charge is 0.348 e. The molecule has 2 aliphatic heterocycles. The van der Waals surface area contributed by atoms with E-state index in [4.69, 9.17) is 0 Å². The molecule has 0 unspecified atom stereocenters. The Labute approximate surface area is 138 Å². The first-order chi connectivity index (χ1) is 11.1. The van der Waals surface area contributed by atoms with Gasteiger partial charge in [-0.2, -0.15) is 0 Å². The molecule has 1 aromatic rings. The van der Waals surface area contributed by atoms with Crippen LogP contribution in [-0.2, 0) is 7.05 Å². The van der Waals surface area contributed by atoms with Gasteiger partial charge in [0.15, 0.2) is 5.82 Å². The van der Waals surface area contributed by atoms with Crippen molar-refractivity contribution in [3.05, 3.63) is 18.2 Å². The second-order valence-electron chi connectivity index (χ2n) is 7.12. The SMILES string of the molecule is CN1CCC(CNC(=O)c2nccn2C)(N2CCCCC2)CC1. The lowest BCUT2D eigenvalue weighted by Gasteiger charge is -2.50. The smallest absolute Gasteiger partial charge is 0.287 e. The first kappa shape index (κ1) is 16.5. The van der Waals surface area contributed by atoms with E-state index in [1.54, 1.807) is 10.8 Å². The van der Waals surface area contributed by atoms with E-state index in [9.17, 15) is 4.79 Å². The summed E-state index contributed by atoms with van der Waals surface area (Å²) in [5, 5.41) is 3.17. The highest BCUT2D eigenvalue weighted by Crippen LogP contribution is 2.30. The second-order valence-corrected chi connectivity index (χ2v) is 7.12. The molecular weight excluding hydrogens is 290 g/mol. The van der Waals surface area contributed by atoms with Crippen LogP contribution in [0.15, 0.2) is 12.4 Å². The molecule has 2 saturated heterocycles. The Balaban J connectivity index is 1.68. The molecule has 1 N–H and O–H groups in total. The number of likely N-dealkylation sites (tertiary alicyclic amines) is 2. The summed E-state index contributed by atoms with van der Waals surface area (Å²) in [6, 6.07) is 0. The number of piperidine rings is 2. The summed E-state index contributed by atoms with van der Waals surface area (Å²) in [7, 11) is 4.05. The number of aromatic nitrogens is 2. The van der Waals surface area contributed by atoms with Gasteiger partial charge >= 0.3 is 0 Å². The van der Waals surface area contributed by atoms with Crippen molar-refractivity contribution in [2.75, 3.05) is 39.8 Å². The number of hydrogen-bond acceptors (Lipinski definition) is 4. The van der Waals surface area contributed by atoms with Gasteiger partial charge in [0.1, 0.15) is 0 Å². The van der Waals surface area contributed by atoms with Gasteiger partial charge in [-0.1, -0.05) is 6.42 Å². The molecule has 0 aromatic carbocycles. The number of rotatable bonds is 4. The zero-order chi connectivity index (χ0) is 16.3. The normalized spacial score (nSPS) is 22.9. The Morgan fingerprint density at radius 3 is 2.48 bits per heavy atom. The van der Waals surface area contributed by atoms with Crippen molar-refractivity contribution in [3.63, 3.8) is 0 Å². The molecule has 3 heterocycles. The van der Waals surface area contributed by atoms with E-state index >= 15 is 0 Å². The fourth-order valence-electron chi connectivity index (χ4n) is 3.92. The van der Waals surface area contributed by atoms with Crippen LogP contribution in [0.4, 0.5) is 0 Å². The van der Waals surface area contributed by atoms with Crippen LogP contribution in [0, 0.1) is 0 Å². The summed E-state index contributed by atoms with van der Waals surface area (Å²) < 4.78 is 1.78. The molecule has 1 aromatic heterocycles. The molecule has 6 nitrogen and oxygen atoms in total. The molecule has 3 rings (SSSR count). The predicted molar refractivity (Wildman–Crippen MR) is 90.4 cm³/mol. The lowest BCUT2D eigenvalue weighted by molar-refractivity contribution is 0.0144. The maximum absolute atomic E-state index is 12.4. The zero-order valence-corrected chi connectivity index (χ0v) is 14.4. The number of hydrogen-bond donors (Lipinski definition) is 1. The molecule has 0 atom stereocenters. The number of carbonyl (C=O) groups excluding carboxylic acids is 1. The fraction of sp³-hybridized carbons (Fsp3) is 0.765. The molecular formula is C17H29N5O. The van der Waals surface area contributed by atoms with Gasteiger partial charge in [-0.15, -0.1) is 0 Å². The van der Waals surface area contributed by atoms with Crippen LogP contribution in [0.1, 0.15) is 42.7 Å². The average Bonchev–Trinajstić information content (AvgIpc) is 3.01. The summed E-state index contributed by atoms with van der Waals surface area (Å²) >= 11 is 0. The van der Waals surface area contributed by atoms with E-state index in [0.29, 0.717) is 5.82 Å². The van der Waals surface area contributed by atoms with E-state index in [1.807, 2.05) is 13.2 Å². The lowest BCUT2D eigenvalue weighted by atomic mass is 9.84. The van der Waals surface area contributed by atoms with Gasteiger partial charge < -0.3 is 14.8 Å². The highest BCUT2D eigenvalue weighted by atomic mass is 16.2. The van der Waals surface area contributed by atoms with Gasteiger partial charge in [-0.3, -0.25) is 9.69 Å². The maximum atomic E-state index is 12.4. The van der Waals surface area contributed by atoms with Gasteiger partial charge in [-0.05, 0) is 58.9 Å². The van der Waals surface area contributed by atoms with Crippen molar-refractivity contribution in [3.8, 4) is 0 Å². The summed E-state index contributed by atoms with van der Waals surface area (Å²) in [5.74, 6) is 0.430. The number of imidazole rings is 1. The number of amides is 1. The topological polar surface area (TPSA) is 53.4 Å². The quantitative estimate of drug-likeness (QED) is 0.903. The van der Waals surface area contributed by atoms with E-state index in [-0.39, 0.29) is 11.4 Å². The van der Waals surface area contributed by atoms with Crippen molar-refractivity contribution in [1.29, 1.82) is 0 Å². The van der Waals surface area contributed by atoms with Crippen molar-refractivity contribution in [2.24, 2.45) is 7.05 Å². The third kappa shape index (κ3) is 3.58. The van der Waals surface area contributed by atoms with Crippen molar-refractivity contribution >= 4 is 5.91 Å². The molecule has 0 spiro atoms. The molecule has 6 heteroatoms. The van der Waals surface area contributed by atoms with Crippen LogP contribution in [0.5, 0.6) is 0 Å². The van der Waals surface area contributed by atoms with Crippen LogP contribution < -0.4 is 5.32 Å². The molecule has 128 valence electrons. The van der Waals surface area contributed by atoms with Gasteiger partial charge in [0.05, 0.1) is 0 Å². The Morgan fingerprint density at radius 1 is 1.17 bits per heavy atom. The van der Waals surface area contributed by atoms with Crippen LogP contribution in [-0.4, -0.2) is 70.6 Å². The maximum Gasteiger partial charge on any atom is 0.287 e. The number of nitrogens with zero attached hydrogens (tertiary/aromatic N) is 4. The van der Waals surface area contributed by atoms with E-state index in [0.717, 1.165) is 32.5 Å². The Morgan fingerprint density at radius 2 is 1.87 bits per heavy atom. The van der Waals surface area contributed by atoms with Crippen LogP contribution in [0.25, 0.3) is 0 Å². The first-order valence-electron chi connectivity index (χ1n) is 8.80.